The molecule has 1 fully saturated rings. The lowest BCUT2D eigenvalue weighted by molar-refractivity contribution is 0.204. The zero-order chi connectivity index (χ0) is 23.1. The van der Waals surface area contributed by atoms with Gasteiger partial charge in [0.2, 0.25) is 0 Å². The Morgan fingerprint density at radius 1 is 1.06 bits per heavy atom. The number of sulfone groups is 1. The van der Waals surface area contributed by atoms with Crippen LogP contribution in [0.5, 0.6) is 0 Å². The molecule has 3 aliphatic rings. The second-order valence-corrected chi connectivity index (χ2v) is 12.2. The third kappa shape index (κ3) is 4.57. The van der Waals surface area contributed by atoms with E-state index in [1.54, 1.807) is 36.5 Å². The predicted molar refractivity (Wildman–Crippen MR) is 124 cm³/mol. The van der Waals surface area contributed by atoms with Crippen molar-refractivity contribution in [2.24, 2.45) is 15.9 Å². The summed E-state index contributed by atoms with van der Waals surface area (Å²) < 4.78 is 58.0. The van der Waals surface area contributed by atoms with Crippen LogP contribution in [0.15, 0.2) is 62.8 Å². The van der Waals surface area contributed by atoms with Crippen molar-refractivity contribution < 1.29 is 21.4 Å². The standard InChI is InChI=1S/C22H27N3O5S2/c1-15-3-9-18(10-4-15)32(29,30)20-13-24-22(19-11-12-23-21(19)20)25(2)17-7-5-16(6-8-17)14-31(26,27)28/h3-4,9-13,16-17,20H,5-8,14H2,1-2H3,(H,26,27,28)/t16-,17-,20?. The van der Waals surface area contributed by atoms with Crippen molar-refractivity contribution in [1.82, 2.24) is 4.90 Å². The second-order valence-electron chi connectivity index (χ2n) is 8.66. The molecule has 172 valence electrons. The quantitative estimate of drug-likeness (QED) is 0.630. The van der Waals surface area contributed by atoms with Crippen LogP contribution in [0.3, 0.4) is 0 Å². The molecule has 0 spiro atoms. The fraction of sp³-hybridized carbons (Fsp3) is 0.455. The van der Waals surface area contributed by atoms with Crippen LogP contribution >= 0.6 is 0 Å². The Morgan fingerprint density at radius 3 is 2.34 bits per heavy atom. The lowest BCUT2D eigenvalue weighted by atomic mass is 9.86. The van der Waals surface area contributed by atoms with Crippen molar-refractivity contribution in [3.8, 4) is 0 Å². The van der Waals surface area contributed by atoms with E-state index in [0.29, 0.717) is 29.9 Å². The van der Waals surface area contributed by atoms with E-state index in [1.165, 1.54) is 6.21 Å². The van der Waals surface area contributed by atoms with E-state index in [-0.39, 0.29) is 22.6 Å². The van der Waals surface area contributed by atoms with Crippen molar-refractivity contribution in [2.75, 3.05) is 12.8 Å². The van der Waals surface area contributed by atoms with Crippen LogP contribution in [0.2, 0.25) is 0 Å². The summed E-state index contributed by atoms with van der Waals surface area (Å²) in [6.45, 7) is 1.91. The van der Waals surface area contributed by atoms with Crippen molar-refractivity contribution in [3.05, 3.63) is 53.5 Å². The fourth-order valence-electron chi connectivity index (χ4n) is 4.59. The monoisotopic (exact) mass is 477 g/mol. The van der Waals surface area contributed by atoms with Crippen LogP contribution in [0.4, 0.5) is 0 Å². The van der Waals surface area contributed by atoms with Gasteiger partial charge in [0.15, 0.2) is 9.84 Å². The normalized spacial score (nSPS) is 25.6. The van der Waals surface area contributed by atoms with E-state index in [1.807, 2.05) is 18.9 Å². The molecule has 0 radical (unpaired) electrons. The molecule has 10 heteroatoms. The molecule has 0 amide bonds. The molecule has 1 aromatic rings. The molecule has 8 nitrogen and oxygen atoms in total. The summed E-state index contributed by atoms with van der Waals surface area (Å²) in [5.41, 5.74) is 2.16. The first-order chi connectivity index (χ1) is 15.1. The first-order valence-electron chi connectivity index (χ1n) is 10.6. The maximum absolute atomic E-state index is 13.3. The smallest absolute Gasteiger partial charge is 0.265 e. The molecule has 1 unspecified atom stereocenters. The SMILES string of the molecule is Cc1ccc(S(=O)(=O)C2C=NC(N(C)[C@H]3CC[C@H](CS(=O)(=O)O)CC3)=C3C=CN=C32)cc1. The zero-order valence-electron chi connectivity index (χ0n) is 18.0. The summed E-state index contributed by atoms with van der Waals surface area (Å²) in [7, 11) is -5.73. The van der Waals surface area contributed by atoms with Crippen molar-refractivity contribution in [1.29, 1.82) is 0 Å². The second kappa shape index (κ2) is 8.57. The Labute approximate surface area is 189 Å². The lowest BCUT2D eigenvalue weighted by Crippen LogP contribution is -2.40. The Balaban J connectivity index is 1.53. The van der Waals surface area contributed by atoms with Gasteiger partial charge in [0.25, 0.3) is 10.1 Å². The molecule has 0 bridgehead atoms. The maximum Gasteiger partial charge on any atom is 0.265 e. The topological polar surface area (TPSA) is 116 Å². The van der Waals surface area contributed by atoms with E-state index < -0.39 is 25.2 Å². The van der Waals surface area contributed by atoms with Gasteiger partial charge in [0.05, 0.1) is 16.4 Å². The highest BCUT2D eigenvalue weighted by Crippen LogP contribution is 2.34. The highest BCUT2D eigenvalue weighted by Gasteiger charge is 2.38. The highest BCUT2D eigenvalue weighted by molar-refractivity contribution is 7.93. The maximum atomic E-state index is 13.3. The molecule has 1 atom stereocenters. The van der Waals surface area contributed by atoms with Gasteiger partial charge >= 0.3 is 0 Å². The molecular formula is C22H27N3O5S2. The first-order valence-corrected chi connectivity index (χ1v) is 13.7. The Bertz CT molecular complexity index is 1220. The molecule has 1 aliphatic carbocycles. The van der Waals surface area contributed by atoms with Gasteiger partial charge in [-0.3, -0.25) is 9.55 Å². The summed E-state index contributed by atoms with van der Waals surface area (Å²) in [5.74, 6) is 0.425. The van der Waals surface area contributed by atoms with Gasteiger partial charge in [0.1, 0.15) is 11.1 Å². The zero-order valence-corrected chi connectivity index (χ0v) is 19.7. The van der Waals surface area contributed by atoms with Crippen LogP contribution in [0, 0.1) is 12.8 Å². The molecule has 1 saturated carbocycles. The average molecular weight is 478 g/mol. The van der Waals surface area contributed by atoms with Crippen molar-refractivity contribution in [2.45, 2.75) is 48.8 Å². The van der Waals surface area contributed by atoms with Gasteiger partial charge in [0, 0.05) is 31.1 Å². The van der Waals surface area contributed by atoms with Gasteiger partial charge in [-0.05, 0) is 56.7 Å². The summed E-state index contributed by atoms with van der Waals surface area (Å²) in [4.78, 5) is 11.2. The number of allylic oxidation sites excluding steroid dienone is 2. The van der Waals surface area contributed by atoms with Gasteiger partial charge in [-0.25, -0.2) is 13.4 Å². The third-order valence-corrected chi connectivity index (χ3v) is 9.24. The highest BCUT2D eigenvalue weighted by atomic mass is 32.2. The molecular weight excluding hydrogens is 450 g/mol. The summed E-state index contributed by atoms with van der Waals surface area (Å²) in [6.07, 6.45) is 7.78. The first kappa shape index (κ1) is 22.9. The number of hydrogen-bond donors (Lipinski definition) is 1. The van der Waals surface area contributed by atoms with E-state index in [2.05, 4.69) is 9.98 Å². The van der Waals surface area contributed by atoms with E-state index in [0.717, 1.165) is 18.4 Å². The number of hydrogen-bond acceptors (Lipinski definition) is 7. The molecule has 0 saturated heterocycles. The number of nitrogens with zero attached hydrogens (tertiary/aromatic N) is 3. The number of aryl methyl sites for hydroxylation is 1. The Morgan fingerprint density at radius 2 is 1.72 bits per heavy atom. The molecule has 0 aromatic heterocycles. The van der Waals surface area contributed by atoms with Gasteiger partial charge in [-0.15, -0.1) is 0 Å². The Kier molecular flexibility index (Phi) is 6.12. The Hall–Kier alpha value is -2.30. The number of fused-ring (bicyclic) bond motifs is 1. The van der Waals surface area contributed by atoms with Gasteiger partial charge in [-0.1, -0.05) is 17.7 Å². The summed E-state index contributed by atoms with van der Waals surface area (Å²) >= 11 is 0. The van der Waals surface area contributed by atoms with Crippen LogP contribution < -0.4 is 0 Å². The average Bonchev–Trinajstić information content (AvgIpc) is 3.22. The molecule has 32 heavy (non-hydrogen) atoms. The van der Waals surface area contributed by atoms with Crippen LogP contribution in [0.1, 0.15) is 31.2 Å². The number of rotatable bonds is 6. The van der Waals surface area contributed by atoms with Gasteiger partial charge in [-0.2, -0.15) is 8.42 Å². The third-order valence-electron chi connectivity index (χ3n) is 6.40. The van der Waals surface area contributed by atoms with Crippen molar-refractivity contribution in [3.63, 3.8) is 0 Å². The molecule has 2 aliphatic heterocycles. The van der Waals surface area contributed by atoms with Crippen LogP contribution in [-0.2, 0) is 20.0 Å². The van der Waals surface area contributed by atoms with E-state index in [9.17, 15) is 16.8 Å². The molecule has 1 aromatic carbocycles. The van der Waals surface area contributed by atoms with Crippen molar-refractivity contribution >= 4 is 31.9 Å². The minimum Gasteiger partial charge on any atom is -0.356 e. The number of benzene rings is 1. The molecule has 2 heterocycles. The molecule has 1 N–H and O–H groups in total. The van der Waals surface area contributed by atoms with E-state index in [4.69, 9.17) is 4.55 Å². The largest absolute Gasteiger partial charge is 0.356 e. The minimum atomic E-state index is -3.97. The van der Waals surface area contributed by atoms with Crippen LogP contribution in [-0.4, -0.2) is 62.3 Å². The molecule has 4 rings (SSSR count). The fourth-order valence-corrected chi connectivity index (χ4v) is 7.03. The predicted octanol–water partition coefficient (Wildman–Crippen LogP) is 2.78. The summed E-state index contributed by atoms with van der Waals surface area (Å²) in [5, 5.41) is -0.946. The van der Waals surface area contributed by atoms with Gasteiger partial charge < -0.3 is 4.90 Å². The lowest BCUT2D eigenvalue weighted by Gasteiger charge is -2.37. The minimum absolute atomic E-state index is 0.0466. The van der Waals surface area contributed by atoms with E-state index >= 15 is 0 Å². The summed E-state index contributed by atoms with van der Waals surface area (Å²) in [6, 6.07) is 6.91. The van der Waals surface area contributed by atoms with Crippen LogP contribution in [0.25, 0.3) is 0 Å². The number of aliphatic imine (C=N–C) groups is 2.